The Kier molecular flexibility index (Phi) is 8.36. The normalized spacial score (nSPS) is 14.6. The van der Waals surface area contributed by atoms with E-state index < -0.39 is 17.7 Å². The zero-order valence-corrected chi connectivity index (χ0v) is 21.6. The van der Waals surface area contributed by atoms with Crippen LogP contribution in [0, 0.1) is 6.92 Å². The topological polar surface area (TPSA) is 73.6 Å². The predicted molar refractivity (Wildman–Crippen MR) is 137 cm³/mol. The fraction of sp³-hybridized carbons (Fsp3) is 0.393. The number of rotatable bonds is 4. The van der Waals surface area contributed by atoms with Crippen molar-refractivity contribution in [2.45, 2.75) is 70.5 Å². The largest absolute Gasteiger partial charge is 0.418 e. The molecule has 4 heterocycles. The van der Waals surface area contributed by atoms with Crippen molar-refractivity contribution in [1.82, 2.24) is 24.5 Å². The van der Waals surface area contributed by atoms with Crippen molar-refractivity contribution >= 4 is 11.2 Å². The van der Waals surface area contributed by atoms with E-state index in [1.54, 1.807) is 19.2 Å². The number of pyridine rings is 3. The van der Waals surface area contributed by atoms with Crippen LogP contribution in [0.4, 0.5) is 22.0 Å². The van der Waals surface area contributed by atoms with Gasteiger partial charge in [0.1, 0.15) is 5.52 Å². The molecular formula is C28H28F5N5O. The van der Waals surface area contributed by atoms with Crippen molar-refractivity contribution in [2.75, 3.05) is 0 Å². The Morgan fingerprint density at radius 1 is 0.974 bits per heavy atom. The van der Waals surface area contributed by atoms with E-state index in [4.69, 9.17) is 0 Å². The second-order valence-electron chi connectivity index (χ2n) is 9.67. The second-order valence-corrected chi connectivity index (χ2v) is 9.67. The molecule has 0 N–H and O–H groups in total. The molecule has 6 nitrogen and oxygen atoms in total. The van der Waals surface area contributed by atoms with Crippen LogP contribution < -0.4 is 5.56 Å². The van der Waals surface area contributed by atoms with Gasteiger partial charge in [-0.3, -0.25) is 24.3 Å². The van der Waals surface area contributed by atoms with Crippen molar-refractivity contribution in [3.8, 4) is 0 Å². The second kappa shape index (κ2) is 11.5. The van der Waals surface area contributed by atoms with E-state index in [0.29, 0.717) is 16.8 Å². The first-order valence-corrected chi connectivity index (χ1v) is 12.6. The van der Waals surface area contributed by atoms with Gasteiger partial charge >= 0.3 is 6.18 Å². The summed E-state index contributed by atoms with van der Waals surface area (Å²) < 4.78 is 66.5. The van der Waals surface area contributed by atoms with Gasteiger partial charge in [0.05, 0.1) is 23.5 Å². The van der Waals surface area contributed by atoms with Crippen LogP contribution >= 0.6 is 0 Å². The number of aromatic nitrogens is 5. The fourth-order valence-corrected chi connectivity index (χ4v) is 4.70. The van der Waals surface area contributed by atoms with E-state index in [-0.39, 0.29) is 34.9 Å². The maximum Gasteiger partial charge on any atom is 0.418 e. The number of alkyl halides is 5. The summed E-state index contributed by atoms with van der Waals surface area (Å²) in [6.07, 6.45) is 6.09. The zero-order chi connectivity index (χ0) is 28.2. The Balaban J connectivity index is 0.000000298. The highest BCUT2D eigenvalue weighted by Gasteiger charge is 2.34. The molecule has 206 valence electrons. The molecule has 1 aliphatic carbocycles. The van der Waals surface area contributed by atoms with E-state index in [1.165, 1.54) is 41.4 Å². The monoisotopic (exact) mass is 545 g/mol. The molecule has 5 rings (SSSR count). The van der Waals surface area contributed by atoms with E-state index in [2.05, 4.69) is 19.9 Å². The van der Waals surface area contributed by atoms with Gasteiger partial charge in [0.15, 0.2) is 5.65 Å². The van der Waals surface area contributed by atoms with E-state index in [0.717, 1.165) is 45.1 Å². The molecule has 0 unspecified atom stereocenters. The van der Waals surface area contributed by atoms with Crippen LogP contribution in [0.25, 0.3) is 11.2 Å². The van der Waals surface area contributed by atoms with Gasteiger partial charge in [0.25, 0.3) is 11.5 Å². The molecule has 0 bridgehead atoms. The van der Waals surface area contributed by atoms with Crippen molar-refractivity contribution in [3.63, 3.8) is 0 Å². The number of hydrogen-bond donors (Lipinski definition) is 0. The quantitative estimate of drug-likeness (QED) is 0.264. The first-order chi connectivity index (χ1) is 18.4. The van der Waals surface area contributed by atoms with Gasteiger partial charge in [0.2, 0.25) is 0 Å². The van der Waals surface area contributed by atoms with Gasteiger partial charge < -0.3 is 0 Å². The summed E-state index contributed by atoms with van der Waals surface area (Å²) in [5.41, 5.74) is 0.656. The number of fused-ring (bicyclic) bond motifs is 1. The summed E-state index contributed by atoms with van der Waals surface area (Å²) in [4.78, 5) is 29.7. The van der Waals surface area contributed by atoms with Crippen molar-refractivity contribution in [2.24, 2.45) is 0 Å². The lowest BCUT2D eigenvalue weighted by molar-refractivity contribution is -0.138. The minimum Gasteiger partial charge on any atom is -0.285 e. The fourth-order valence-electron chi connectivity index (χ4n) is 4.70. The first kappa shape index (κ1) is 28.3. The highest BCUT2D eigenvalue weighted by Crippen LogP contribution is 2.33. The number of nitrogens with zero attached hydrogens (tertiary/aromatic N) is 5. The van der Waals surface area contributed by atoms with Crippen molar-refractivity contribution in [3.05, 3.63) is 93.6 Å². The Morgan fingerprint density at radius 2 is 1.67 bits per heavy atom. The van der Waals surface area contributed by atoms with Crippen molar-refractivity contribution in [1.29, 1.82) is 0 Å². The van der Waals surface area contributed by atoms with Gasteiger partial charge in [-0.1, -0.05) is 19.3 Å². The molecule has 0 spiro atoms. The van der Waals surface area contributed by atoms with Crippen LogP contribution in [0.1, 0.15) is 73.0 Å². The average molecular weight is 546 g/mol. The van der Waals surface area contributed by atoms with E-state index >= 15 is 0 Å². The van der Waals surface area contributed by atoms with Crippen LogP contribution in [0.2, 0.25) is 0 Å². The Hall–Kier alpha value is -3.76. The lowest BCUT2D eigenvalue weighted by Gasteiger charge is -2.23. The summed E-state index contributed by atoms with van der Waals surface area (Å²) in [6, 6.07) is 6.60. The van der Waals surface area contributed by atoms with Gasteiger partial charge in [-0.25, -0.2) is 13.8 Å². The standard InChI is InChI=1S/C21H21F3N4O.C7H7F2N/c1-13-11-26-17-10-15(14-6-3-2-4-7-14)20(29)28(19(17)27-13)12-18-16(21(22,23)24)8-5-9-25-18;1-7(8,9)6-2-4-10-5-3-6/h5,8-11,14H,2-4,6-7,12H2,1H3;2-5H,1H3. The molecule has 0 radical (unpaired) electrons. The van der Waals surface area contributed by atoms with Crippen LogP contribution in [0.15, 0.2) is 59.9 Å². The van der Waals surface area contributed by atoms with Crippen LogP contribution in [0.3, 0.4) is 0 Å². The van der Waals surface area contributed by atoms with Gasteiger partial charge in [-0.15, -0.1) is 0 Å². The van der Waals surface area contributed by atoms with Gasteiger partial charge in [-0.05, 0) is 56.0 Å². The van der Waals surface area contributed by atoms with Gasteiger partial charge in [-0.2, -0.15) is 13.2 Å². The lowest BCUT2D eigenvalue weighted by atomic mass is 9.84. The van der Waals surface area contributed by atoms with Crippen LogP contribution in [0.5, 0.6) is 0 Å². The molecule has 4 aromatic rings. The molecule has 0 atom stereocenters. The Labute approximate surface area is 222 Å². The summed E-state index contributed by atoms with van der Waals surface area (Å²) in [7, 11) is 0. The Bertz CT molecular complexity index is 1480. The Morgan fingerprint density at radius 3 is 2.28 bits per heavy atom. The number of aryl methyl sites for hydroxylation is 1. The first-order valence-electron chi connectivity index (χ1n) is 12.6. The third-order valence-electron chi connectivity index (χ3n) is 6.68. The number of hydrogen-bond acceptors (Lipinski definition) is 5. The smallest absolute Gasteiger partial charge is 0.285 e. The SMILES string of the molecule is CC(F)(F)c1ccncc1.Cc1cnc2cc(C3CCCCC3)c(=O)n(Cc3ncccc3C(F)(F)F)c2n1. The highest BCUT2D eigenvalue weighted by atomic mass is 19.4. The third-order valence-corrected chi connectivity index (χ3v) is 6.68. The number of halogens is 5. The zero-order valence-electron chi connectivity index (χ0n) is 21.6. The molecule has 0 saturated heterocycles. The molecule has 0 aliphatic heterocycles. The molecule has 4 aromatic heterocycles. The maximum atomic E-state index is 13.4. The predicted octanol–water partition coefficient (Wildman–Crippen LogP) is 6.80. The summed E-state index contributed by atoms with van der Waals surface area (Å²) >= 11 is 0. The highest BCUT2D eigenvalue weighted by molar-refractivity contribution is 5.71. The van der Waals surface area contributed by atoms with E-state index in [9.17, 15) is 26.7 Å². The lowest BCUT2D eigenvalue weighted by Crippen LogP contribution is -2.29. The molecule has 11 heteroatoms. The molecule has 1 saturated carbocycles. The molecule has 39 heavy (non-hydrogen) atoms. The summed E-state index contributed by atoms with van der Waals surface area (Å²) in [6.45, 7) is 2.30. The van der Waals surface area contributed by atoms with Crippen LogP contribution in [-0.4, -0.2) is 24.5 Å². The van der Waals surface area contributed by atoms with Crippen LogP contribution in [-0.2, 0) is 18.6 Å². The van der Waals surface area contributed by atoms with E-state index in [1.807, 2.05) is 0 Å². The molecule has 1 fully saturated rings. The molecular weight excluding hydrogens is 517 g/mol. The average Bonchev–Trinajstić information content (AvgIpc) is 2.91. The van der Waals surface area contributed by atoms with Gasteiger partial charge in [0, 0.05) is 42.8 Å². The summed E-state index contributed by atoms with van der Waals surface area (Å²) in [5, 5.41) is 0. The molecule has 0 amide bonds. The third kappa shape index (κ3) is 6.82. The minimum atomic E-state index is -4.55. The minimum absolute atomic E-state index is 0.00231. The van der Waals surface area contributed by atoms with Crippen molar-refractivity contribution < 1.29 is 22.0 Å². The molecule has 0 aromatic carbocycles. The maximum absolute atomic E-state index is 13.4. The summed E-state index contributed by atoms with van der Waals surface area (Å²) in [5.74, 6) is -2.65. The molecule has 1 aliphatic rings.